The molecule has 0 unspecified atom stereocenters. The van der Waals surface area contributed by atoms with Gasteiger partial charge in [0.25, 0.3) is 0 Å². The van der Waals surface area contributed by atoms with Crippen LogP contribution in [-0.2, 0) is 11.3 Å². The van der Waals surface area contributed by atoms with E-state index >= 15 is 0 Å². The molecule has 0 saturated carbocycles. The predicted molar refractivity (Wildman–Crippen MR) is 75.0 cm³/mol. The largest absolute Gasteiger partial charge is 0.573 e. The van der Waals surface area contributed by atoms with E-state index in [2.05, 4.69) is 10.1 Å². The number of rotatable bonds is 4. The van der Waals surface area contributed by atoms with Gasteiger partial charge in [-0.3, -0.25) is 5.32 Å². The zero-order valence-electron chi connectivity index (χ0n) is 11.6. The Labute approximate surface area is 129 Å². The lowest BCUT2D eigenvalue weighted by molar-refractivity contribution is -0.274. The van der Waals surface area contributed by atoms with Crippen LogP contribution >= 0.6 is 0 Å². The van der Waals surface area contributed by atoms with Gasteiger partial charge in [-0.15, -0.1) is 13.2 Å². The highest BCUT2D eigenvalue weighted by atomic mass is 19.4. The quantitative estimate of drug-likeness (QED) is 0.832. The average molecular weight is 327 g/mol. The van der Waals surface area contributed by atoms with Crippen LogP contribution in [0.4, 0.5) is 23.7 Å². The van der Waals surface area contributed by atoms with Crippen molar-refractivity contribution in [3.05, 3.63) is 54.1 Å². The van der Waals surface area contributed by atoms with Gasteiger partial charge in [-0.05, 0) is 17.7 Å². The van der Waals surface area contributed by atoms with Crippen LogP contribution in [0.5, 0.6) is 11.5 Å². The Bertz CT molecular complexity index is 674. The number of hydrogen-bond donors (Lipinski definition) is 2. The summed E-state index contributed by atoms with van der Waals surface area (Å²) >= 11 is 0. The molecule has 2 N–H and O–H groups in total. The number of carbonyl (C=O) groups is 1. The van der Waals surface area contributed by atoms with Gasteiger partial charge in [0.1, 0.15) is 18.1 Å². The number of carbonyl (C=O) groups excluding carboxylic acids is 1. The molecule has 0 radical (unpaired) electrons. The van der Waals surface area contributed by atoms with Crippen molar-refractivity contribution in [2.75, 3.05) is 5.32 Å². The lowest BCUT2D eigenvalue weighted by Gasteiger charge is -2.12. The van der Waals surface area contributed by atoms with Gasteiger partial charge in [0, 0.05) is 6.07 Å². The molecule has 2 rings (SSSR count). The van der Waals surface area contributed by atoms with Gasteiger partial charge in [0.05, 0.1) is 5.69 Å². The molecular weight excluding hydrogens is 315 g/mol. The molecule has 0 aliphatic carbocycles. The Kier molecular flexibility index (Phi) is 4.95. The number of amides is 1. The number of hydrogen-bond acceptors (Lipinski definition) is 4. The highest BCUT2D eigenvalue weighted by molar-refractivity contribution is 5.87. The standard InChI is InChI=1S/C15H12F3NO4/c16-15(17,18)23-11-6-7-13(20)12(8-11)19-14(21)22-9-10-4-2-1-3-5-10/h1-8,20H,9H2,(H,19,21). The van der Waals surface area contributed by atoms with Gasteiger partial charge in [-0.2, -0.15) is 0 Å². The van der Waals surface area contributed by atoms with E-state index < -0.39 is 24.0 Å². The summed E-state index contributed by atoms with van der Waals surface area (Å²) in [6, 6.07) is 11.5. The first-order chi connectivity index (χ1) is 10.8. The van der Waals surface area contributed by atoms with E-state index in [1.807, 2.05) is 0 Å². The maximum atomic E-state index is 12.1. The zero-order valence-corrected chi connectivity index (χ0v) is 11.6. The summed E-state index contributed by atoms with van der Waals surface area (Å²) in [7, 11) is 0. The molecule has 0 aromatic heterocycles. The number of phenolic OH excluding ortho intramolecular Hbond substituents is 1. The molecule has 0 heterocycles. The minimum absolute atomic E-state index is 0.0216. The molecule has 0 spiro atoms. The van der Waals surface area contributed by atoms with Gasteiger partial charge in [-0.1, -0.05) is 30.3 Å². The number of ether oxygens (including phenoxy) is 2. The van der Waals surface area contributed by atoms with E-state index in [4.69, 9.17) is 4.74 Å². The fraction of sp³-hybridized carbons (Fsp3) is 0.133. The Hall–Kier alpha value is -2.90. The van der Waals surface area contributed by atoms with Crippen LogP contribution in [0.1, 0.15) is 5.56 Å². The van der Waals surface area contributed by atoms with Crippen LogP contribution in [0.2, 0.25) is 0 Å². The number of nitrogens with one attached hydrogen (secondary N) is 1. The van der Waals surface area contributed by atoms with Crippen LogP contribution < -0.4 is 10.1 Å². The van der Waals surface area contributed by atoms with Gasteiger partial charge < -0.3 is 14.6 Å². The fourth-order valence-electron chi connectivity index (χ4n) is 1.68. The van der Waals surface area contributed by atoms with E-state index in [0.29, 0.717) is 0 Å². The maximum Gasteiger partial charge on any atom is 0.573 e. The van der Waals surface area contributed by atoms with Crippen LogP contribution in [0, 0.1) is 0 Å². The Morgan fingerprint density at radius 3 is 2.48 bits per heavy atom. The van der Waals surface area contributed by atoms with E-state index in [9.17, 15) is 23.1 Å². The first-order valence-corrected chi connectivity index (χ1v) is 6.40. The molecule has 8 heteroatoms. The highest BCUT2D eigenvalue weighted by Gasteiger charge is 2.31. The lowest BCUT2D eigenvalue weighted by Crippen LogP contribution is -2.17. The summed E-state index contributed by atoms with van der Waals surface area (Å²) in [5.74, 6) is -0.996. The van der Waals surface area contributed by atoms with Crippen LogP contribution in [0.15, 0.2) is 48.5 Å². The first-order valence-electron chi connectivity index (χ1n) is 6.40. The predicted octanol–water partition coefficient (Wildman–Crippen LogP) is 4.04. The van der Waals surface area contributed by atoms with Crippen molar-refractivity contribution in [1.29, 1.82) is 0 Å². The van der Waals surface area contributed by atoms with Crippen molar-refractivity contribution in [3.8, 4) is 11.5 Å². The third-order valence-corrected chi connectivity index (χ3v) is 2.65. The fourth-order valence-corrected chi connectivity index (χ4v) is 1.68. The molecular formula is C15H12F3NO4. The van der Waals surface area contributed by atoms with Gasteiger partial charge in [-0.25, -0.2) is 4.79 Å². The average Bonchev–Trinajstić information content (AvgIpc) is 2.48. The van der Waals surface area contributed by atoms with Crippen molar-refractivity contribution >= 4 is 11.8 Å². The topological polar surface area (TPSA) is 67.8 Å². The second kappa shape index (κ2) is 6.91. The van der Waals surface area contributed by atoms with Crippen LogP contribution in [-0.4, -0.2) is 17.6 Å². The van der Waals surface area contributed by atoms with Crippen molar-refractivity contribution in [2.24, 2.45) is 0 Å². The van der Waals surface area contributed by atoms with E-state index in [0.717, 1.165) is 23.8 Å². The Morgan fingerprint density at radius 1 is 1.13 bits per heavy atom. The van der Waals surface area contributed by atoms with E-state index in [1.165, 1.54) is 0 Å². The number of halogens is 3. The number of benzene rings is 2. The monoisotopic (exact) mass is 327 g/mol. The molecule has 122 valence electrons. The number of alkyl halides is 3. The third-order valence-electron chi connectivity index (χ3n) is 2.65. The normalized spacial score (nSPS) is 10.9. The van der Waals surface area contributed by atoms with Gasteiger partial charge >= 0.3 is 12.5 Å². The molecule has 0 saturated heterocycles. The van der Waals surface area contributed by atoms with Gasteiger partial charge in [0.2, 0.25) is 0 Å². The van der Waals surface area contributed by atoms with Crippen molar-refractivity contribution in [1.82, 2.24) is 0 Å². The smallest absolute Gasteiger partial charge is 0.506 e. The molecule has 1 amide bonds. The van der Waals surface area contributed by atoms with Crippen molar-refractivity contribution < 1.29 is 32.5 Å². The van der Waals surface area contributed by atoms with Gasteiger partial charge in [0.15, 0.2) is 0 Å². The zero-order chi connectivity index (χ0) is 16.9. The lowest BCUT2D eigenvalue weighted by atomic mass is 10.2. The summed E-state index contributed by atoms with van der Waals surface area (Å²) in [5.41, 5.74) is 0.478. The number of aromatic hydroxyl groups is 1. The molecule has 2 aromatic carbocycles. The van der Waals surface area contributed by atoms with Crippen LogP contribution in [0.3, 0.4) is 0 Å². The summed E-state index contributed by atoms with van der Waals surface area (Å²) in [4.78, 5) is 11.6. The first kappa shape index (κ1) is 16.5. The van der Waals surface area contributed by atoms with Crippen molar-refractivity contribution in [3.63, 3.8) is 0 Å². The molecule has 5 nitrogen and oxygen atoms in total. The minimum Gasteiger partial charge on any atom is -0.506 e. The molecule has 2 aromatic rings. The highest BCUT2D eigenvalue weighted by Crippen LogP contribution is 2.31. The molecule has 23 heavy (non-hydrogen) atoms. The van der Waals surface area contributed by atoms with Crippen molar-refractivity contribution in [2.45, 2.75) is 13.0 Å². The minimum atomic E-state index is -4.87. The number of anilines is 1. The molecule has 0 aliphatic heterocycles. The Morgan fingerprint density at radius 2 is 1.83 bits per heavy atom. The Balaban J connectivity index is 1.98. The molecule has 0 fully saturated rings. The SMILES string of the molecule is O=C(Nc1cc(OC(F)(F)F)ccc1O)OCc1ccccc1. The molecule has 0 bridgehead atoms. The second-order valence-corrected chi connectivity index (χ2v) is 4.41. The van der Waals surface area contributed by atoms with E-state index in [1.54, 1.807) is 30.3 Å². The van der Waals surface area contributed by atoms with E-state index in [-0.39, 0.29) is 12.3 Å². The number of phenols is 1. The molecule has 0 atom stereocenters. The molecule has 0 aliphatic rings. The maximum absolute atomic E-state index is 12.1. The summed E-state index contributed by atoms with van der Waals surface area (Å²) in [6.45, 7) is -0.0216. The summed E-state index contributed by atoms with van der Waals surface area (Å²) < 4.78 is 45.1. The van der Waals surface area contributed by atoms with Crippen LogP contribution in [0.25, 0.3) is 0 Å². The summed E-state index contributed by atoms with van der Waals surface area (Å²) in [6.07, 6.45) is -5.80. The second-order valence-electron chi connectivity index (χ2n) is 4.41. The summed E-state index contributed by atoms with van der Waals surface area (Å²) in [5, 5.41) is 11.7. The third kappa shape index (κ3) is 5.42.